The molecule has 0 aliphatic heterocycles. The average molecular weight is 383 g/mol. The van der Waals surface area contributed by atoms with Gasteiger partial charge in [0.25, 0.3) is 5.56 Å². The first-order chi connectivity index (χ1) is 12.8. The van der Waals surface area contributed by atoms with Crippen LogP contribution >= 0.6 is 0 Å². The first-order valence-corrected chi connectivity index (χ1v) is 10.0. The predicted molar refractivity (Wildman–Crippen MR) is 104 cm³/mol. The maximum Gasteiger partial charge on any atom is 0.267 e. The lowest BCUT2D eigenvalue weighted by Crippen LogP contribution is -2.23. The number of hydrogen-bond donors (Lipinski definition) is 2. The summed E-state index contributed by atoms with van der Waals surface area (Å²) >= 11 is 0. The van der Waals surface area contributed by atoms with Crippen molar-refractivity contribution in [3.63, 3.8) is 0 Å². The number of H-pyrrole nitrogens is 1. The molecule has 3 aromatic rings. The van der Waals surface area contributed by atoms with E-state index in [-0.39, 0.29) is 17.0 Å². The van der Waals surface area contributed by atoms with E-state index in [4.69, 9.17) is 0 Å². The van der Waals surface area contributed by atoms with Crippen molar-refractivity contribution in [3.8, 4) is 0 Å². The fourth-order valence-electron chi connectivity index (χ4n) is 2.76. The number of aromatic nitrogens is 2. The van der Waals surface area contributed by atoms with Gasteiger partial charge in [-0.3, -0.25) is 4.79 Å². The van der Waals surface area contributed by atoms with E-state index < -0.39 is 10.0 Å². The third kappa shape index (κ3) is 4.69. The summed E-state index contributed by atoms with van der Waals surface area (Å²) < 4.78 is 27.6. The molecular weight excluding hydrogens is 362 g/mol. The summed E-state index contributed by atoms with van der Waals surface area (Å²) in [4.78, 5) is 12.0. The zero-order chi connectivity index (χ0) is 19.4. The van der Waals surface area contributed by atoms with Crippen LogP contribution in [0.25, 0.3) is 0 Å². The highest BCUT2D eigenvalue weighted by atomic mass is 32.2. The Balaban J connectivity index is 1.73. The first-order valence-electron chi connectivity index (χ1n) is 8.53. The zero-order valence-electron chi connectivity index (χ0n) is 15.2. The van der Waals surface area contributed by atoms with Crippen molar-refractivity contribution in [2.75, 3.05) is 0 Å². The molecule has 0 atom stereocenters. The highest BCUT2D eigenvalue weighted by Crippen LogP contribution is 2.14. The van der Waals surface area contributed by atoms with E-state index in [1.54, 1.807) is 37.3 Å². The van der Waals surface area contributed by atoms with Crippen LogP contribution in [0.15, 0.2) is 64.3 Å². The van der Waals surface area contributed by atoms with Crippen LogP contribution in [-0.2, 0) is 23.0 Å². The Labute approximate surface area is 158 Å². The summed E-state index contributed by atoms with van der Waals surface area (Å²) in [5.41, 5.74) is 3.90. The standard InChI is InChI=1S/C20H21N3O3S/c1-14-5-3-4-6-17(14)13-21-27(25,26)19-9-7-16(8-10-19)12-18-11-15(2)22-23-20(18)24/h3-11,21H,12-13H2,1-2H3,(H,23,24). The lowest BCUT2D eigenvalue weighted by Gasteiger charge is -2.09. The number of benzene rings is 2. The van der Waals surface area contributed by atoms with Crippen molar-refractivity contribution in [1.82, 2.24) is 14.9 Å². The van der Waals surface area contributed by atoms with Gasteiger partial charge < -0.3 is 0 Å². The fraction of sp³-hybridized carbons (Fsp3) is 0.200. The minimum Gasteiger partial charge on any atom is -0.268 e. The van der Waals surface area contributed by atoms with E-state index in [0.29, 0.717) is 12.0 Å². The maximum atomic E-state index is 12.5. The van der Waals surface area contributed by atoms with Crippen LogP contribution in [0.4, 0.5) is 0 Å². The van der Waals surface area contributed by atoms with E-state index in [2.05, 4.69) is 14.9 Å². The SMILES string of the molecule is Cc1cc(Cc2ccc(S(=O)(=O)NCc3ccccc3C)cc2)c(=O)[nH]n1. The average Bonchev–Trinajstić information content (AvgIpc) is 2.64. The second-order valence-electron chi connectivity index (χ2n) is 6.44. The molecule has 6 nitrogen and oxygen atoms in total. The molecule has 7 heteroatoms. The number of aromatic amines is 1. The van der Waals surface area contributed by atoms with Gasteiger partial charge in [-0.2, -0.15) is 5.10 Å². The van der Waals surface area contributed by atoms with Crippen LogP contribution in [0.2, 0.25) is 0 Å². The van der Waals surface area contributed by atoms with E-state index in [0.717, 1.165) is 22.4 Å². The van der Waals surface area contributed by atoms with Gasteiger partial charge in [-0.25, -0.2) is 18.2 Å². The topological polar surface area (TPSA) is 91.9 Å². The number of nitrogens with zero attached hydrogens (tertiary/aromatic N) is 1. The molecule has 3 rings (SSSR count). The summed E-state index contributed by atoms with van der Waals surface area (Å²) in [6, 6.07) is 15.9. The zero-order valence-corrected chi connectivity index (χ0v) is 16.0. The van der Waals surface area contributed by atoms with Crippen LogP contribution in [0.3, 0.4) is 0 Å². The van der Waals surface area contributed by atoms with Crippen LogP contribution in [0.5, 0.6) is 0 Å². The third-order valence-electron chi connectivity index (χ3n) is 4.35. The molecule has 0 unspecified atom stereocenters. The van der Waals surface area contributed by atoms with E-state index >= 15 is 0 Å². The summed E-state index contributed by atoms with van der Waals surface area (Å²) in [5.74, 6) is 0. The second kappa shape index (κ2) is 7.85. The molecule has 0 aliphatic carbocycles. The Morgan fingerprint density at radius 3 is 2.41 bits per heavy atom. The monoisotopic (exact) mass is 383 g/mol. The maximum absolute atomic E-state index is 12.5. The van der Waals surface area contributed by atoms with E-state index in [1.165, 1.54) is 0 Å². The minimum absolute atomic E-state index is 0.194. The Morgan fingerprint density at radius 1 is 1.00 bits per heavy atom. The lowest BCUT2D eigenvalue weighted by molar-refractivity contribution is 0.581. The van der Waals surface area contributed by atoms with Crippen molar-refractivity contribution in [1.29, 1.82) is 0 Å². The molecule has 1 aromatic heterocycles. The predicted octanol–water partition coefficient (Wildman–Crippen LogP) is 2.46. The molecule has 2 N–H and O–H groups in total. The van der Waals surface area contributed by atoms with Gasteiger partial charge in [0.05, 0.1) is 10.6 Å². The van der Waals surface area contributed by atoms with Crippen molar-refractivity contribution in [2.24, 2.45) is 0 Å². The summed E-state index contributed by atoms with van der Waals surface area (Å²) in [6.45, 7) is 3.98. The Morgan fingerprint density at radius 2 is 1.70 bits per heavy atom. The largest absolute Gasteiger partial charge is 0.268 e. The van der Waals surface area contributed by atoms with Crippen LogP contribution in [0, 0.1) is 13.8 Å². The highest BCUT2D eigenvalue weighted by molar-refractivity contribution is 7.89. The van der Waals surface area contributed by atoms with E-state index in [1.807, 2.05) is 31.2 Å². The Hall–Kier alpha value is -2.77. The van der Waals surface area contributed by atoms with Gasteiger partial charge in [0.2, 0.25) is 10.0 Å². The molecule has 140 valence electrons. The van der Waals surface area contributed by atoms with Gasteiger partial charge in [0.15, 0.2) is 0 Å². The quantitative estimate of drug-likeness (QED) is 0.684. The molecule has 0 fully saturated rings. The number of aryl methyl sites for hydroxylation is 2. The van der Waals surface area contributed by atoms with Gasteiger partial charge in [-0.1, -0.05) is 36.4 Å². The molecule has 0 aliphatic rings. The molecular formula is C20H21N3O3S. The van der Waals surface area contributed by atoms with E-state index in [9.17, 15) is 13.2 Å². The van der Waals surface area contributed by atoms with Crippen molar-refractivity contribution >= 4 is 10.0 Å². The normalized spacial score (nSPS) is 11.5. The lowest BCUT2D eigenvalue weighted by atomic mass is 10.1. The van der Waals surface area contributed by atoms with Gasteiger partial charge in [-0.15, -0.1) is 0 Å². The summed E-state index contributed by atoms with van der Waals surface area (Å²) in [6.07, 6.45) is 0.412. The minimum atomic E-state index is -3.61. The van der Waals surface area contributed by atoms with Gasteiger partial charge in [0, 0.05) is 18.5 Å². The molecule has 0 spiro atoms. The molecule has 0 amide bonds. The first kappa shape index (κ1) is 19.0. The van der Waals surface area contributed by atoms with Gasteiger partial charge in [0.1, 0.15) is 0 Å². The van der Waals surface area contributed by atoms with Gasteiger partial charge in [-0.05, 0) is 48.7 Å². The molecule has 1 heterocycles. The molecule has 0 bridgehead atoms. The summed E-state index contributed by atoms with van der Waals surface area (Å²) in [5, 5.41) is 6.30. The number of sulfonamides is 1. The second-order valence-corrected chi connectivity index (χ2v) is 8.20. The molecule has 0 saturated carbocycles. The number of nitrogens with one attached hydrogen (secondary N) is 2. The van der Waals surface area contributed by atoms with Crippen LogP contribution in [-0.4, -0.2) is 18.6 Å². The third-order valence-corrected chi connectivity index (χ3v) is 5.77. The molecule has 2 aromatic carbocycles. The van der Waals surface area contributed by atoms with Gasteiger partial charge >= 0.3 is 0 Å². The molecule has 0 saturated heterocycles. The molecule has 27 heavy (non-hydrogen) atoms. The van der Waals surface area contributed by atoms with Crippen molar-refractivity contribution in [3.05, 3.63) is 92.9 Å². The van der Waals surface area contributed by atoms with Crippen molar-refractivity contribution in [2.45, 2.75) is 31.7 Å². The summed E-state index contributed by atoms with van der Waals surface area (Å²) in [7, 11) is -3.61. The Kier molecular flexibility index (Phi) is 5.53. The van der Waals surface area contributed by atoms with Crippen molar-refractivity contribution < 1.29 is 8.42 Å². The number of hydrogen-bond acceptors (Lipinski definition) is 4. The van der Waals surface area contributed by atoms with Crippen LogP contribution < -0.4 is 10.3 Å². The number of rotatable bonds is 6. The highest BCUT2D eigenvalue weighted by Gasteiger charge is 2.14. The van der Waals surface area contributed by atoms with Crippen LogP contribution in [0.1, 0.15) is 27.9 Å². The molecule has 0 radical (unpaired) electrons. The smallest absolute Gasteiger partial charge is 0.267 e. The fourth-order valence-corrected chi connectivity index (χ4v) is 3.77. The Bertz CT molecular complexity index is 1100.